The Hall–Kier alpha value is -3.79. The molecule has 2 aliphatic heterocycles. The van der Waals surface area contributed by atoms with Gasteiger partial charge in [-0.25, -0.2) is 14.8 Å². The number of hydrogen-bond acceptors (Lipinski definition) is 8. The lowest BCUT2D eigenvalue weighted by Crippen LogP contribution is -2.54. The van der Waals surface area contributed by atoms with Gasteiger partial charge in [-0.3, -0.25) is 4.90 Å². The fourth-order valence-corrected chi connectivity index (χ4v) is 6.08. The number of piperazine rings is 1. The summed E-state index contributed by atoms with van der Waals surface area (Å²) in [6.07, 6.45) is 6.63. The SMILES string of the molecule is COc1cc2c(N3CCN(C(=O)N(c4ccc(OC(C)C)cc4)C(C)C)CC3)ncnc2cc1OCCCN1CCCCC1. The molecule has 3 aromatic rings. The number of methoxy groups -OCH3 is 1. The summed E-state index contributed by atoms with van der Waals surface area (Å²) in [4.78, 5) is 31.5. The Morgan fingerprint density at radius 1 is 0.909 bits per heavy atom. The summed E-state index contributed by atoms with van der Waals surface area (Å²) >= 11 is 0. The number of urea groups is 1. The van der Waals surface area contributed by atoms with E-state index >= 15 is 0 Å². The van der Waals surface area contributed by atoms with Gasteiger partial charge in [-0.15, -0.1) is 0 Å². The Kier molecular flexibility index (Phi) is 10.6. The normalized spacial score (nSPS) is 16.1. The van der Waals surface area contributed by atoms with Crippen molar-refractivity contribution in [2.45, 2.75) is 65.5 Å². The summed E-state index contributed by atoms with van der Waals surface area (Å²) in [6, 6.07) is 11.7. The third-order valence-corrected chi connectivity index (χ3v) is 8.28. The zero-order valence-corrected chi connectivity index (χ0v) is 27.0. The molecule has 2 aromatic carbocycles. The molecule has 2 aliphatic rings. The van der Waals surface area contributed by atoms with Crippen LogP contribution in [0.4, 0.5) is 16.3 Å². The average Bonchev–Trinajstić information content (AvgIpc) is 3.03. The lowest BCUT2D eigenvalue weighted by atomic mass is 10.1. The Morgan fingerprint density at radius 3 is 2.30 bits per heavy atom. The Balaban J connectivity index is 1.23. The Labute approximate surface area is 261 Å². The third kappa shape index (κ3) is 7.64. The molecule has 0 unspecified atom stereocenters. The minimum absolute atomic E-state index is 0.00784. The van der Waals surface area contributed by atoms with Crippen LogP contribution in [0, 0.1) is 0 Å². The van der Waals surface area contributed by atoms with Gasteiger partial charge < -0.3 is 28.9 Å². The van der Waals surface area contributed by atoms with Gasteiger partial charge in [-0.05, 0) is 90.4 Å². The van der Waals surface area contributed by atoms with E-state index in [1.807, 2.05) is 73.9 Å². The number of piperidine rings is 1. The van der Waals surface area contributed by atoms with E-state index in [0.29, 0.717) is 44.3 Å². The van der Waals surface area contributed by atoms with E-state index in [2.05, 4.69) is 19.8 Å². The summed E-state index contributed by atoms with van der Waals surface area (Å²) < 4.78 is 17.7. The molecular weight excluding hydrogens is 556 g/mol. The van der Waals surface area contributed by atoms with Gasteiger partial charge in [0.25, 0.3) is 0 Å². The minimum atomic E-state index is 0.00784. The van der Waals surface area contributed by atoms with Crippen LogP contribution in [0.15, 0.2) is 42.7 Å². The second-order valence-electron chi connectivity index (χ2n) is 12.2. The van der Waals surface area contributed by atoms with Crippen molar-refractivity contribution < 1.29 is 19.0 Å². The van der Waals surface area contributed by atoms with E-state index in [1.54, 1.807) is 13.4 Å². The standard InChI is InChI=1S/C34H48N6O4/c1-25(2)40(27-10-12-28(13-11-27)44-26(3)4)34(41)39-19-17-38(18-20-39)33-29-22-31(42-5)32(23-30(29)35-24-36-33)43-21-9-16-37-14-7-6-8-15-37/h10-13,22-26H,6-9,14-21H2,1-5H3. The van der Waals surface area contributed by atoms with Gasteiger partial charge in [0.05, 0.1) is 25.3 Å². The van der Waals surface area contributed by atoms with Crippen LogP contribution in [0.2, 0.25) is 0 Å². The van der Waals surface area contributed by atoms with Crippen LogP contribution in [0.3, 0.4) is 0 Å². The van der Waals surface area contributed by atoms with E-state index in [9.17, 15) is 4.79 Å². The van der Waals surface area contributed by atoms with Crippen molar-refractivity contribution in [3.63, 3.8) is 0 Å². The highest BCUT2D eigenvalue weighted by Gasteiger charge is 2.29. The maximum absolute atomic E-state index is 13.7. The molecular formula is C34H48N6O4. The summed E-state index contributed by atoms with van der Waals surface area (Å²) in [7, 11) is 1.67. The topological polar surface area (TPSA) is 83.5 Å². The van der Waals surface area contributed by atoms with Crippen molar-refractivity contribution in [1.82, 2.24) is 19.8 Å². The van der Waals surface area contributed by atoms with Crippen LogP contribution in [0.5, 0.6) is 17.2 Å². The minimum Gasteiger partial charge on any atom is -0.493 e. The number of fused-ring (bicyclic) bond motifs is 1. The zero-order valence-electron chi connectivity index (χ0n) is 27.0. The second-order valence-corrected chi connectivity index (χ2v) is 12.2. The molecule has 10 heteroatoms. The number of likely N-dealkylation sites (tertiary alicyclic amines) is 1. The average molecular weight is 605 g/mol. The number of aromatic nitrogens is 2. The van der Waals surface area contributed by atoms with Gasteiger partial charge in [-0.2, -0.15) is 0 Å². The molecule has 0 spiro atoms. The largest absolute Gasteiger partial charge is 0.493 e. The number of carbonyl (C=O) groups excluding carboxylic acids is 1. The van der Waals surface area contributed by atoms with E-state index in [0.717, 1.165) is 41.1 Å². The zero-order chi connectivity index (χ0) is 31.1. The fourth-order valence-electron chi connectivity index (χ4n) is 6.08. The van der Waals surface area contributed by atoms with Crippen LogP contribution in [-0.4, -0.2) is 97.5 Å². The van der Waals surface area contributed by atoms with E-state index in [4.69, 9.17) is 14.2 Å². The van der Waals surface area contributed by atoms with Crippen molar-refractivity contribution in [1.29, 1.82) is 0 Å². The predicted molar refractivity (Wildman–Crippen MR) is 175 cm³/mol. The molecule has 0 saturated carbocycles. The highest BCUT2D eigenvalue weighted by molar-refractivity contribution is 5.94. The summed E-state index contributed by atoms with van der Waals surface area (Å²) in [6.45, 7) is 14.7. The summed E-state index contributed by atoms with van der Waals surface area (Å²) in [5, 5.41) is 0.914. The number of carbonyl (C=O) groups is 1. The maximum Gasteiger partial charge on any atom is 0.324 e. The molecule has 5 rings (SSSR count). The number of amides is 2. The quantitative estimate of drug-likeness (QED) is 0.253. The molecule has 238 valence electrons. The molecule has 2 amide bonds. The molecule has 0 bridgehead atoms. The van der Waals surface area contributed by atoms with Crippen molar-refractivity contribution in [3.05, 3.63) is 42.7 Å². The van der Waals surface area contributed by atoms with Crippen molar-refractivity contribution in [3.8, 4) is 17.2 Å². The molecule has 0 N–H and O–H groups in total. The highest BCUT2D eigenvalue weighted by Crippen LogP contribution is 2.35. The van der Waals surface area contributed by atoms with Gasteiger partial charge in [0.15, 0.2) is 11.5 Å². The van der Waals surface area contributed by atoms with E-state index in [1.165, 1.54) is 32.4 Å². The third-order valence-electron chi connectivity index (χ3n) is 8.28. The highest BCUT2D eigenvalue weighted by atomic mass is 16.5. The number of nitrogens with zero attached hydrogens (tertiary/aromatic N) is 6. The van der Waals surface area contributed by atoms with Crippen molar-refractivity contribution >= 4 is 28.4 Å². The van der Waals surface area contributed by atoms with E-state index < -0.39 is 0 Å². The molecule has 44 heavy (non-hydrogen) atoms. The molecule has 1 aromatic heterocycles. The van der Waals surface area contributed by atoms with Crippen LogP contribution in [-0.2, 0) is 0 Å². The lowest BCUT2D eigenvalue weighted by molar-refractivity contribution is 0.199. The molecule has 3 heterocycles. The van der Waals surface area contributed by atoms with Gasteiger partial charge in [0.1, 0.15) is 17.9 Å². The van der Waals surface area contributed by atoms with Crippen LogP contribution in [0.25, 0.3) is 10.9 Å². The first kappa shape index (κ1) is 31.6. The lowest BCUT2D eigenvalue weighted by Gasteiger charge is -2.39. The molecule has 2 saturated heterocycles. The van der Waals surface area contributed by atoms with Gasteiger partial charge in [0, 0.05) is 55.9 Å². The molecule has 2 fully saturated rings. The molecule has 0 radical (unpaired) electrons. The Morgan fingerprint density at radius 2 is 1.64 bits per heavy atom. The number of hydrogen-bond donors (Lipinski definition) is 0. The van der Waals surface area contributed by atoms with Gasteiger partial charge >= 0.3 is 6.03 Å². The monoisotopic (exact) mass is 604 g/mol. The van der Waals surface area contributed by atoms with E-state index in [-0.39, 0.29) is 18.2 Å². The van der Waals surface area contributed by atoms with Gasteiger partial charge in [0.2, 0.25) is 0 Å². The Bertz CT molecular complexity index is 1370. The van der Waals surface area contributed by atoms with Gasteiger partial charge in [-0.1, -0.05) is 6.42 Å². The maximum atomic E-state index is 13.7. The first-order valence-electron chi connectivity index (χ1n) is 16.1. The molecule has 10 nitrogen and oxygen atoms in total. The molecule has 0 atom stereocenters. The number of ether oxygens (including phenoxy) is 3. The fraction of sp³-hybridized carbons (Fsp3) is 0.559. The number of rotatable bonds is 11. The smallest absolute Gasteiger partial charge is 0.324 e. The molecule has 0 aliphatic carbocycles. The number of benzene rings is 2. The predicted octanol–water partition coefficient (Wildman–Crippen LogP) is 5.84. The van der Waals surface area contributed by atoms with Crippen LogP contribution >= 0.6 is 0 Å². The van der Waals surface area contributed by atoms with Crippen LogP contribution < -0.4 is 24.0 Å². The van der Waals surface area contributed by atoms with Crippen molar-refractivity contribution in [2.75, 3.05) is 69.3 Å². The first-order valence-corrected chi connectivity index (χ1v) is 16.1. The second kappa shape index (κ2) is 14.8. The first-order chi connectivity index (χ1) is 21.3. The number of anilines is 2. The summed E-state index contributed by atoms with van der Waals surface area (Å²) in [5.74, 6) is 3.03. The van der Waals surface area contributed by atoms with Crippen molar-refractivity contribution in [2.24, 2.45) is 0 Å². The summed E-state index contributed by atoms with van der Waals surface area (Å²) in [5.41, 5.74) is 1.68. The van der Waals surface area contributed by atoms with Crippen LogP contribution in [0.1, 0.15) is 53.4 Å².